The second-order valence-electron chi connectivity index (χ2n) is 5.16. The lowest BCUT2D eigenvalue weighted by atomic mass is 9.82. The van der Waals surface area contributed by atoms with Gasteiger partial charge < -0.3 is 10.0 Å². The third-order valence-corrected chi connectivity index (χ3v) is 3.58. The van der Waals surface area contributed by atoms with Gasteiger partial charge >= 0.3 is 5.97 Å². The number of nitrogens with zero attached hydrogens (tertiary/aromatic N) is 2. The first-order valence-corrected chi connectivity index (χ1v) is 6.18. The van der Waals surface area contributed by atoms with Gasteiger partial charge in [-0.3, -0.25) is 9.59 Å². The molecular weight excluding hydrogens is 270 g/mol. The second-order valence-corrected chi connectivity index (χ2v) is 5.16. The average molecular weight is 284 g/mol. The van der Waals surface area contributed by atoms with Gasteiger partial charge in [-0.15, -0.1) is 0 Å². The first-order chi connectivity index (χ1) is 9.35. The van der Waals surface area contributed by atoms with E-state index in [0.29, 0.717) is 19.4 Å². The van der Waals surface area contributed by atoms with E-state index in [1.54, 1.807) is 0 Å². The molecule has 0 spiro atoms. The van der Waals surface area contributed by atoms with Crippen molar-refractivity contribution in [2.45, 2.75) is 19.8 Å². The number of aromatic nitrogens is 1. The molecule has 1 aromatic rings. The molecule has 5 nitrogen and oxygen atoms in total. The van der Waals surface area contributed by atoms with Crippen LogP contribution in [0.5, 0.6) is 0 Å². The Balaban J connectivity index is 2.25. The Labute approximate surface area is 114 Å². The maximum Gasteiger partial charge on any atom is 0.311 e. The molecule has 1 unspecified atom stereocenters. The van der Waals surface area contributed by atoms with Crippen LogP contribution in [0.25, 0.3) is 0 Å². The third kappa shape index (κ3) is 2.48. The van der Waals surface area contributed by atoms with Crippen molar-refractivity contribution in [1.29, 1.82) is 0 Å². The van der Waals surface area contributed by atoms with E-state index in [1.807, 2.05) is 0 Å². The van der Waals surface area contributed by atoms with Gasteiger partial charge in [-0.05, 0) is 25.8 Å². The normalized spacial score (nSPS) is 22.6. The maximum atomic E-state index is 13.6. The van der Waals surface area contributed by atoms with E-state index >= 15 is 0 Å². The van der Waals surface area contributed by atoms with E-state index in [-0.39, 0.29) is 6.54 Å². The summed E-state index contributed by atoms with van der Waals surface area (Å²) in [6.07, 6.45) is 1.95. The Morgan fingerprint density at radius 1 is 1.45 bits per heavy atom. The molecule has 0 saturated carbocycles. The summed E-state index contributed by atoms with van der Waals surface area (Å²) in [7, 11) is 0. The van der Waals surface area contributed by atoms with Crippen LogP contribution in [0, 0.1) is 17.2 Å². The van der Waals surface area contributed by atoms with Crippen LogP contribution >= 0.6 is 0 Å². The van der Waals surface area contributed by atoms with Crippen molar-refractivity contribution in [2.75, 3.05) is 13.1 Å². The average Bonchev–Trinajstić information content (AvgIpc) is 2.41. The molecule has 20 heavy (non-hydrogen) atoms. The molecule has 1 aliphatic rings. The number of piperidine rings is 1. The summed E-state index contributed by atoms with van der Waals surface area (Å²) in [4.78, 5) is 27.8. The van der Waals surface area contributed by atoms with Gasteiger partial charge in [-0.25, -0.2) is 9.37 Å². The maximum absolute atomic E-state index is 13.6. The largest absolute Gasteiger partial charge is 0.481 e. The zero-order chi connectivity index (χ0) is 14.9. The van der Waals surface area contributed by atoms with Crippen molar-refractivity contribution in [2.24, 2.45) is 5.41 Å². The van der Waals surface area contributed by atoms with Gasteiger partial charge in [0.2, 0.25) is 5.95 Å². The van der Waals surface area contributed by atoms with Crippen molar-refractivity contribution in [3.05, 3.63) is 29.6 Å². The molecule has 0 radical (unpaired) electrons. The van der Waals surface area contributed by atoms with Gasteiger partial charge in [0.25, 0.3) is 5.91 Å². The molecule has 1 aromatic heterocycles. The molecule has 1 fully saturated rings. The SMILES string of the molecule is CC1(C(=O)O)CCCN(C(=O)c2ccnc(F)c2F)C1. The minimum Gasteiger partial charge on any atom is -0.481 e. The highest BCUT2D eigenvalue weighted by Crippen LogP contribution is 2.30. The number of hydrogen-bond acceptors (Lipinski definition) is 3. The quantitative estimate of drug-likeness (QED) is 0.839. The number of halogens is 2. The van der Waals surface area contributed by atoms with Crippen LogP contribution in [0.1, 0.15) is 30.1 Å². The molecule has 108 valence electrons. The van der Waals surface area contributed by atoms with Crippen LogP contribution in [0.4, 0.5) is 8.78 Å². The van der Waals surface area contributed by atoms with E-state index in [4.69, 9.17) is 0 Å². The fourth-order valence-corrected chi connectivity index (χ4v) is 2.34. The molecule has 0 aromatic carbocycles. The molecule has 0 aliphatic carbocycles. The van der Waals surface area contributed by atoms with Gasteiger partial charge in [0.1, 0.15) is 0 Å². The van der Waals surface area contributed by atoms with Gasteiger partial charge in [-0.1, -0.05) is 0 Å². The van der Waals surface area contributed by atoms with Gasteiger partial charge in [0.05, 0.1) is 11.0 Å². The van der Waals surface area contributed by atoms with Crippen LogP contribution < -0.4 is 0 Å². The van der Waals surface area contributed by atoms with E-state index in [0.717, 1.165) is 12.3 Å². The molecule has 1 amide bonds. The molecule has 1 N–H and O–H groups in total. The Kier molecular flexibility index (Phi) is 3.69. The van der Waals surface area contributed by atoms with E-state index in [2.05, 4.69) is 4.98 Å². The third-order valence-electron chi connectivity index (χ3n) is 3.58. The molecule has 2 rings (SSSR count). The van der Waals surface area contributed by atoms with Crippen molar-refractivity contribution in [3.8, 4) is 0 Å². The van der Waals surface area contributed by atoms with E-state index < -0.39 is 34.6 Å². The zero-order valence-electron chi connectivity index (χ0n) is 10.9. The first kappa shape index (κ1) is 14.4. The Morgan fingerprint density at radius 2 is 2.15 bits per heavy atom. The summed E-state index contributed by atoms with van der Waals surface area (Å²) >= 11 is 0. The summed E-state index contributed by atoms with van der Waals surface area (Å²) in [5.41, 5.74) is -1.48. The van der Waals surface area contributed by atoms with Crippen LogP contribution in [0.2, 0.25) is 0 Å². The first-order valence-electron chi connectivity index (χ1n) is 6.18. The highest BCUT2D eigenvalue weighted by Gasteiger charge is 2.40. The summed E-state index contributed by atoms with van der Waals surface area (Å²) in [6, 6.07) is 1.09. The lowest BCUT2D eigenvalue weighted by Crippen LogP contribution is -2.48. The van der Waals surface area contributed by atoms with Crippen molar-refractivity contribution >= 4 is 11.9 Å². The minimum absolute atomic E-state index is 0.0233. The number of aliphatic carboxylic acids is 1. The summed E-state index contributed by atoms with van der Waals surface area (Å²) in [5, 5.41) is 9.18. The highest BCUT2D eigenvalue weighted by atomic mass is 19.2. The smallest absolute Gasteiger partial charge is 0.311 e. The van der Waals surface area contributed by atoms with Crippen molar-refractivity contribution in [1.82, 2.24) is 9.88 Å². The molecule has 1 aliphatic heterocycles. The fraction of sp³-hybridized carbons (Fsp3) is 0.462. The lowest BCUT2D eigenvalue weighted by Gasteiger charge is -2.37. The predicted molar refractivity (Wildman–Crippen MR) is 65.0 cm³/mol. The van der Waals surface area contributed by atoms with Gasteiger partial charge in [0.15, 0.2) is 5.82 Å². The monoisotopic (exact) mass is 284 g/mol. The topological polar surface area (TPSA) is 70.5 Å². The van der Waals surface area contributed by atoms with Crippen LogP contribution in [0.3, 0.4) is 0 Å². The van der Waals surface area contributed by atoms with Crippen molar-refractivity contribution in [3.63, 3.8) is 0 Å². The van der Waals surface area contributed by atoms with Crippen LogP contribution in [0.15, 0.2) is 12.3 Å². The molecule has 2 heterocycles. The van der Waals surface area contributed by atoms with E-state index in [9.17, 15) is 23.5 Å². The van der Waals surface area contributed by atoms with Crippen LogP contribution in [-0.2, 0) is 4.79 Å². The number of pyridine rings is 1. The number of amides is 1. The van der Waals surface area contributed by atoms with Gasteiger partial charge in [0, 0.05) is 19.3 Å². The predicted octanol–water partition coefficient (Wildman–Crippen LogP) is 1.69. The van der Waals surface area contributed by atoms with E-state index in [1.165, 1.54) is 11.8 Å². The molecule has 1 saturated heterocycles. The lowest BCUT2D eigenvalue weighted by molar-refractivity contribution is -0.150. The highest BCUT2D eigenvalue weighted by molar-refractivity contribution is 5.94. The minimum atomic E-state index is -1.34. The number of carbonyl (C=O) groups is 2. The van der Waals surface area contributed by atoms with Crippen LogP contribution in [-0.4, -0.2) is 40.0 Å². The number of carboxylic acids is 1. The molecule has 1 atom stereocenters. The number of rotatable bonds is 2. The Hall–Kier alpha value is -2.05. The Bertz CT molecular complexity index is 565. The molecular formula is C13H14F2N2O3. The number of carbonyl (C=O) groups excluding carboxylic acids is 1. The summed E-state index contributed by atoms with van der Waals surface area (Å²) < 4.78 is 26.6. The molecule has 0 bridgehead atoms. The Morgan fingerprint density at radius 3 is 2.80 bits per heavy atom. The zero-order valence-corrected chi connectivity index (χ0v) is 10.9. The standard InChI is InChI=1S/C13H14F2N2O3/c1-13(12(19)20)4-2-6-17(7-13)11(18)8-3-5-16-10(15)9(8)14/h3,5H,2,4,6-7H2,1H3,(H,19,20). The second kappa shape index (κ2) is 5.15. The summed E-state index contributed by atoms with van der Waals surface area (Å²) in [6.45, 7) is 1.84. The summed E-state index contributed by atoms with van der Waals surface area (Å²) in [5.74, 6) is -4.36. The molecule has 7 heteroatoms. The van der Waals surface area contributed by atoms with Gasteiger partial charge in [-0.2, -0.15) is 4.39 Å². The number of carboxylic acid groups (broad SMARTS) is 1. The number of likely N-dealkylation sites (tertiary alicyclic amines) is 1. The van der Waals surface area contributed by atoms with Crippen molar-refractivity contribution < 1.29 is 23.5 Å². The fourth-order valence-electron chi connectivity index (χ4n) is 2.34. The number of hydrogen-bond donors (Lipinski definition) is 1.